The molecule has 0 aliphatic carbocycles. The molecule has 0 saturated carbocycles. The van der Waals surface area contributed by atoms with E-state index in [1.807, 2.05) is 37.4 Å². The third kappa shape index (κ3) is 3.39. The fourth-order valence-electron chi connectivity index (χ4n) is 3.52. The minimum absolute atomic E-state index is 0.197. The predicted octanol–water partition coefficient (Wildman–Crippen LogP) is 4.41. The fraction of sp³-hybridized carbons (Fsp3) is 0.350. The Morgan fingerprint density at radius 3 is 2.74 bits per heavy atom. The number of aromatic nitrogens is 2. The van der Waals surface area contributed by atoms with Crippen molar-refractivity contribution in [1.82, 2.24) is 9.97 Å². The molecule has 0 atom stereocenters. The van der Waals surface area contributed by atoms with Crippen molar-refractivity contribution in [2.45, 2.75) is 31.6 Å². The highest BCUT2D eigenvalue weighted by atomic mass is 32.2. The summed E-state index contributed by atoms with van der Waals surface area (Å²) < 4.78 is 5.84. The number of benzene rings is 1. The van der Waals surface area contributed by atoms with E-state index in [1.165, 1.54) is 0 Å². The fourth-order valence-corrected chi connectivity index (χ4v) is 3.98. The third-order valence-electron chi connectivity index (χ3n) is 4.78. The largest absolute Gasteiger partial charge is 0.442 e. The molecule has 3 heterocycles. The van der Waals surface area contributed by atoms with E-state index >= 15 is 0 Å². The van der Waals surface area contributed by atoms with Gasteiger partial charge >= 0.3 is 0 Å². The first-order chi connectivity index (χ1) is 13.1. The zero-order valence-electron chi connectivity index (χ0n) is 15.7. The molecular formula is C20H22N4O2S. The van der Waals surface area contributed by atoms with Crippen LogP contribution in [0.15, 0.2) is 33.6 Å². The first-order valence-corrected chi connectivity index (χ1v) is 10.3. The molecule has 0 spiro atoms. The van der Waals surface area contributed by atoms with Crippen LogP contribution in [0.1, 0.15) is 34.8 Å². The van der Waals surface area contributed by atoms with E-state index in [9.17, 15) is 4.79 Å². The number of anilines is 2. The topological polar surface area (TPSA) is 71.3 Å². The first kappa shape index (κ1) is 17.9. The number of fused-ring (bicyclic) bond motifs is 1. The van der Waals surface area contributed by atoms with Gasteiger partial charge in [-0.3, -0.25) is 4.79 Å². The summed E-state index contributed by atoms with van der Waals surface area (Å²) in [5.74, 6) is 1.81. The summed E-state index contributed by atoms with van der Waals surface area (Å²) in [7, 11) is 0. The van der Waals surface area contributed by atoms with Crippen LogP contribution in [0.2, 0.25) is 0 Å². The molecular weight excluding hydrogens is 360 g/mol. The van der Waals surface area contributed by atoms with Crippen molar-refractivity contribution in [2.24, 2.45) is 0 Å². The number of hydrogen-bond donors (Lipinski definition) is 1. The van der Waals surface area contributed by atoms with Gasteiger partial charge in [-0.25, -0.2) is 4.98 Å². The minimum Gasteiger partial charge on any atom is -0.442 e. The lowest BCUT2D eigenvalue weighted by Crippen LogP contribution is -2.21. The highest BCUT2D eigenvalue weighted by molar-refractivity contribution is 7.98. The summed E-state index contributed by atoms with van der Waals surface area (Å²) in [4.78, 5) is 25.5. The number of furan rings is 1. The van der Waals surface area contributed by atoms with Crippen LogP contribution in [0.5, 0.6) is 0 Å². The highest BCUT2D eigenvalue weighted by Crippen LogP contribution is 2.34. The van der Waals surface area contributed by atoms with Gasteiger partial charge in [0.1, 0.15) is 17.4 Å². The minimum atomic E-state index is -0.197. The molecule has 0 unspecified atom stereocenters. The second kappa shape index (κ2) is 7.23. The van der Waals surface area contributed by atoms with Crippen molar-refractivity contribution in [3.05, 3.63) is 41.4 Å². The van der Waals surface area contributed by atoms with E-state index < -0.39 is 0 Å². The van der Waals surface area contributed by atoms with Crippen LogP contribution in [0, 0.1) is 13.8 Å². The smallest absolute Gasteiger partial charge is 0.260 e. The zero-order chi connectivity index (χ0) is 19.0. The molecule has 1 N–H and O–H groups in total. The molecule has 6 nitrogen and oxygen atoms in total. The SMILES string of the molecule is CSc1cccc(NC(=O)c2c(C)oc3nc(C)nc(N4CCCC4)c23)c1. The molecule has 4 rings (SSSR count). The number of nitrogens with one attached hydrogen (secondary N) is 1. The molecule has 0 bridgehead atoms. The van der Waals surface area contributed by atoms with E-state index in [2.05, 4.69) is 20.2 Å². The van der Waals surface area contributed by atoms with E-state index in [0.29, 0.717) is 28.2 Å². The normalized spacial score (nSPS) is 14.1. The van der Waals surface area contributed by atoms with Crippen molar-refractivity contribution in [1.29, 1.82) is 0 Å². The quantitative estimate of drug-likeness (QED) is 0.674. The van der Waals surface area contributed by atoms with Crippen LogP contribution in [-0.4, -0.2) is 35.2 Å². The van der Waals surface area contributed by atoms with E-state index in [1.54, 1.807) is 18.7 Å². The average Bonchev–Trinajstić information content (AvgIpc) is 3.28. The van der Waals surface area contributed by atoms with Gasteiger partial charge in [0.05, 0.1) is 10.9 Å². The van der Waals surface area contributed by atoms with Crippen LogP contribution in [0.25, 0.3) is 11.1 Å². The molecule has 1 saturated heterocycles. The molecule has 1 aliphatic heterocycles. The van der Waals surface area contributed by atoms with Crippen LogP contribution in [0.3, 0.4) is 0 Å². The van der Waals surface area contributed by atoms with Gasteiger partial charge in [-0.05, 0) is 51.1 Å². The number of nitrogens with zero attached hydrogens (tertiary/aromatic N) is 3. The monoisotopic (exact) mass is 382 g/mol. The van der Waals surface area contributed by atoms with Crippen LogP contribution >= 0.6 is 11.8 Å². The Bertz CT molecular complexity index is 1010. The Balaban J connectivity index is 1.78. The van der Waals surface area contributed by atoms with Crippen molar-refractivity contribution in [3.8, 4) is 0 Å². The predicted molar refractivity (Wildman–Crippen MR) is 109 cm³/mol. The Morgan fingerprint density at radius 2 is 2.00 bits per heavy atom. The van der Waals surface area contributed by atoms with E-state index in [4.69, 9.17) is 4.42 Å². The summed E-state index contributed by atoms with van der Waals surface area (Å²) in [6, 6.07) is 7.80. The molecule has 1 aromatic carbocycles. The highest BCUT2D eigenvalue weighted by Gasteiger charge is 2.27. The molecule has 140 valence electrons. The second-order valence-corrected chi connectivity index (χ2v) is 7.57. The second-order valence-electron chi connectivity index (χ2n) is 6.69. The summed E-state index contributed by atoms with van der Waals surface area (Å²) >= 11 is 1.64. The molecule has 1 aliphatic rings. The standard InChI is InChI=1S/C20H22N4O2S/c1-12-16(19(25)23-14-7-6-8-15(11-14)27-3)17-18(24-9-4-5-10-24)21-13(2)22-20(17)26-12/h6-8,11H,4-5,9-10H2,1-3H3,(H,23,25). The molecule has 27 heavy (non-hydrogen) atoms. The number of thioether (sulfide) groups is 1. The summed E-state index contributed by atoms with van der Waals surface area (Å²) in [5, 5.41) is 3.71. The summed E-state index contributed by atoms with van der Waals surface area (Å²) in [6.45, 7) is 5.53. The number of aryl methyl sites for hydroxylation is 2. The lowest BCUT2D eigenvalue weighted by atomic mass is 10.1. The van der Waals surface area contributed by atoms with Gasteiger partial charge in [0.2, 0.25) is 5.71 Å². The van der Waals surface area contributed by atoms with Crippen molar-refractivity contribution in [3.63, 3.8) is 0 Å². The third-order valence-corrected chi connectivity index (χ3v) is 5.51. The van der Waals surface area contributed by atoms with Crippen molar-refractivity contribution < 1.29 is 9.21 Å². The molecule has 0 radical (unpaired) electrons. The zero-order valence-corrected chi connectivity index (χ0v) is 16.5. The Labute approximate surface area is 162 Å². The van der Waals surface area contributed by atoms with Crippen LogP contribution in [-0.2, 0) is 0 Å². The summed E-state index contributed by atoms with van der Waals surface area (Å²) in [6.07, 6.45) is 4.27. The number of amides is 1. The van der Waals surface area contributed by atoms with Gasteiger partial charge in [-0.2, -0.15) is 4.98 Å². The molecule has 3 aromatic rings. The number of carbonyl (C=O) groups is 1. The Morgan fingerprint density at radius 1 is 1.22 bits per heavy atom. The first-order valence-electron chi connectivity index (χ1n) is 9.05. The maximum absolute atomic E-state index is 13.1. The molecule has 1 amide bonds. The number of carbonyl (C=O) groups excluding carboxylic acids is 1. The van der Waals surface area contributed by atoms with Crippen molar-refractivity contribution >= 4 is 40.3 Å². The van der Waals surface area contributed by atoms with E-state index in [-0.39, 0.29) is 5.91 Å². The number of rotatable bonds is 4. The lowest BCUT2D eigenvalue weighted by molar-refractivity contribution is 0.102. The van der Waals surface area contributed by atoms with Gasteiger partial charge in [0, 0.05) is 23.7 Å². The number of hydrogen-bond acceptors (Lipinski definition) is 6. The maximum Gasteiger partial charge on any atom is 0.260 e. The molecule has 7 heteroatoms. The summed E-state index contributed by atoms with van der Waals surface area (Å²) in [5.41, 5.74) is 1.75. The average molecular weight is 382 g/mol. The van der Waals surface area contributed by atoms with Gasteiger partial charge < -0.3 is 14.6 Å². The van der Waals surface area contributed by atoms with Gasteiger partial charge in [0.25, 0.3) is 5.91 Å². The maximum atomic E-state index is 13.1. The van der Waals surface area contributed by atoms with Gasteiger partial charge in [0.15, 0.2) is 0 Å². The molecule has 1 fully saturated rings. The van der Waals surface area contributed by atoms with Gasteiger partial charge in [-0.15, -0.1) is 11.8 Å². The van der Waals surface area contributed by atoms with Gasteiger partial charge in [-0.1, -0.05) is 6.07 Å². The lowest BCUT2D eigenvalue weighted by Gasteiger charge is -2.18. The molecule has 2 aromatic heterocycles. The van der Waals surface area contributed by atoms with E-state index in [0.717, 1.165) is 42.3 Å². The van der Waals surface area contributed by atoms with Crippen LogP contribution < -0.4 is 10.2 Å². The van der Waals surface area contributed by atoms with Crippen molar-refractivity contribution in [2.75, 3.05) is 29.6 Å². The van der Waals surface area contributed by atoms with Crippen LogP contribution in [0.4, 0.5) is 11.5 Å². The Hall–Kier alpha value is -2.54. The Kier molecular flexibility index (Phi) is 4.78.